The van der Waals surface area contributed by atoms with E-state index in [1.54, 1.807) is 6.20 Å². The predicted octanol–water partition coefficient (Wildman–Crippen LogP) is 4.43. The van der Waals surface area contributed by atoms with Gasteiger partial charge in [0.2, 0.25) is 0 Å². The Hall–Kier alpha value is -1.58. The average molecular weight is 306 g/mol. The lowest BCUT2D eigenvalue weighted by molar-refractivity contribution is 0.736. The van der Waals surface area contributed by atoms with Crippen LogP contribution < -0.4 is 0 Å². The zero-order valence-electron chi connectivity index (χ0n) is 10.9. The van der Waals surface area contributed by atoms with Gasteiger partial charge in [-0.25, -0.2) is 9.97 Å². The van der Waals surface area contributed by atoms with Gasteiger partial charge in [0.05, 0.1) is 11.9 Å². The first kappa shape index (κ1) is 13.4. The summed E-state index contributed by atoms with van der Waals surface area (Å²) in [7, 11) is 0. The molecule has 0 saturated heterocycles. The van der Waals surface area contributed by atoms with E-state index in [2.05, 4.69) is 14.5 Å². The van der Waals surface area contributed by atoms with E-state index < -0.39 is 0 Å². The topological polar surface area (TPSA) is 30.7 Å². The molecule has 0 bridgehead atoms. The second-order valence-electron chi connectivity index (χ2n) is 4.64. The number of hydrogen-bond acceptors (Lipinski definition) is 2. The number of hydrogen-bond donors (Lipinski definition) is 0. The number of halogens is 2. The van der Waals surface area contributed by atoms with Crippen LogP contribution in [0.15, 0.2) is 42.6 Å². The summed E-state index contributed by atoms with van der Waals surface area (Å²) in [4.78, 5) is 8.98. The van der Waals surface area contributed by atoms with Crippen LogP contribution in [0, 0.1) is 0 Å². The highest BCUT2D eigenvalue weighted by atomic mass is 35.5. The fraction of sp³-hybridized carbons (Fsp3) is 0.200. The molecule has 0 aliphatic rings. The van der Waals surface area contributed by atoms with Crippen molar-refractivity contribution in [1.82, 2.24) is 14.5 Å². The summed E-state index contributed by atoms with van der Waals surface area (Å²) in [6.45, 7) is 2.60. The van der Waals surface area contributed by atoms with Gasteiger partial charge in [0.1, 0.15) is 11.3 Å². The summed E-state index contributed by atoms with van der Waals surface area (Å²) < 4.78 is 2.05. The molecule has 2 heterocycles. The summed E-state index contributed by atoms with van der Waals surface area (Å²) >= 11 is 12.2. The van der Waals surface area contributed by atoms with Gasteiger partial charge in [-0.15, -0.1) is 11.6 Å². The maximum absolute atomic E-state index is 6.24. The van der Waals surface area contributed by atoms with Crippen LogP contribution in [-0.4, -0.2) is 14.5 Å². The van der Waals surface area contributed by atoms with Crippen molar-refractivity contribution in [1.29, 1.82) is 0 Å². The Balaban J connectivity index is 2.09. The van der Waals surface area contributed by atoms with Gasteiger partial charge < -0.3 is 4.57 Å². The van der Waals surface area contributed by atoms with Crippen LogP contribution in [0.2, 0.25) is 5.02 Å². The molecular formula is C15H13Cl2N3. The van der Waals surface area contributed by atoms with Crippen LogP contribution in [0.3, 0.4) is 0 Å². The van der Waals surface area contributed by atoms with Crippen LogP contribution >= 0.6 is 23.2 Å². The molecule has 0 N–H and O–H groups in total. The summed E-state index contributed by atoms with van der Waals surface area (Å²) in [5, 5.41) is 0.560. The van der Waals surface area contributed by atoms with Gasteiger partial charge in [0, 0.05) is 11.2 Å². The molecule has 1 atom stereocenters. The number of rotatable bonds is 3. The number of imidazole rings is 1. The third kappa shape index (κ3) is 2.51. The maximum atomic E-state index is 6.24. The highest BCUT2D eigenvalue weighted by Gasteiger charge is 2.15. The second kappa shape index (κ2) is 5.43. The lowest BCUT2D eigenvalue weighted by Gasteiger charge is -2.10. The van der Waals surface area contributed by atoms with E-state index in [1.165, 1.54) is 0 Å². The Morgan fingerprint density at radius 2 is 1.95 bits per heavy atom. The smallest absolute Gasteiger partial charge is 0.160 e. The third-order valence-electron chi connectivity index (χ3n) is 3.14. The Bertz CT molecular complexity index is 732. The molecular weight excluding hydrogens is 293 g/mol. The Morgan fingerprint density at radius 1 is 1.20 bits per heavy atom. The quantitative estimate of drug-likeness (QED) is 0.670. The van der Waals surface area contributed by atoms with Gasteiger partial charge in [-0.3, -0.25) is 0 Å². The van der Waals surface area contributed by atoms with E-state index in [0.717, 1.165) is 27.6 Å². The first-order valence-electron chi connectivity index (χ1n) is 6.35. The number of nitrogens with zero attached hydrogens (tertiary/aromatic N) is 3. The Morgan fingerprint density at radius 3 is 2.65 bits per heavy atom. The number of pyridine rings is 1. The molecule has 1 unspecified atom stereocenters. The van der Waals surface area contributed by atoms with Crippen molar-refractivity contribution >= 4 is 34.4 Å². The largest absolute Gasteiger partial charge is 0.307 e. The number of fused-ring (bicyclic) bond motifs is 1. The maximum Gasteiger partial charge on any atom is 0.160 e. The minimum absolute atomic E-state index is 0.170. The van der Waals surface area contributed by atoms with Gasteiger partial charge in [-0.1, -0.05) is 23.7 Å². The van der Waals surface area contributed by atoms with Gasteiger partial charge in [0.15, 0.2) is 5.65 Å². The number of aromatic nitrogens is 3. The van der Waals surface area contributed by atoms with Crippen molar-refractivity contribution in [2.75, 3.05) is 0 Å². The fourth-order valence-electron chi connectivity index (χ4n) is 2.21. The highest BCUT2D eigenvalue weighted by Crippen LogP contribution is 2.24. The molecule has 3 nitrogen and oxygen atoms in total. The van der Waals surface area contributed by atoms with Crippen LogP contribution in [0.5, 0.6) is 0 Å². The van der Waals surface area contributed by atoms with Crippen molar-refractivity contribution in [2.45, 2.75) is 18.8 Å². The van der Waals surface area contributed by atoms with E-state index in [-0.39, 0.29) is 5.38 Å². The van der Waals surface area contributed by atoms with Crippen molar-refractivity contribution in [2.24, 2.45) is 0 Å². The van der Waals surface area contributed by atoms with Crippen LogP contribution in [0.4, 0.5) is 0 Å². The van der Waals surface area contributed by atoms with E-state index in [1.807, 2.05) is 43.3 Å². The SMILES string of the molecule is CC(Cl)c1nc2cccnc2n1Cc1ccc(Cl)cc1. The molecule has 0 saturated carbocycles. The van der Waals surface area contributed by atoms with Crippen molar-refractivity contribution in [3.8, 4) is 0 Å². The molecule has 0 aliphatic carbocycles. The number of benzene rings is 1. The molecule has 3 aromatic rings. The van der Waals surface area contributed by atoms with Crippen LogP contribution in [0.1, 0.15) is 23.7 Å². The molecule has 102 valence electrons. The van der Waals surface area contributed by atoms with Crippen LogP contribution in [0.25, 0.3) is 11.2 Å². The summed E-state index contributed by atoms with van der Waals surface area (Å²) in [5.41, 5.74) is 2.85. The molecule has 0 fully saturated rings. The Kier molecular flexibility index (Phi) is 3.64. The fourth-order valence-corrected chi connectivity index (χ4v) is 2.50. The normalized spacial score (nSPS) is 12.8. The molecule has 2 aromatic heterocycles. The number of alkyl halides is 1. The first-order chi connectivity index (χ1) is 9.65. The monoisotopic (exact) mass is 305 g/mol. The van der Waals surface area contributed by atoms with E-state index in [0.29, 0.717) is 6.54 Å². The average Bonchev–Trinajstić information content (AvgIpc) is 2.81. The van der Waals surface area contributed by atoms with Crippen LogP contribution in [-0.2, 0) is 6.54 Å². The molecule has 0 aliphatic heterocycles. The molecule has 0 radical (unpaired) electrons. The lowest BCUT2D eigenvalue weighted by Crippen LogP contribution is -2.06. The van der Waals surface area contributed by atoms with Gasteiger partial charge in [-0.2, -0.15) is 0 Å². The minimum Gasteiger partial charge on any atom is -0.307 e. The standard InChI is InChI=1S/C15H13Cl2N3/c1-10(16)14-19-13-3-2-8-18-15(13)20(14)9-11-4-6-12(17)7-5-11/h2-8,10H,9H2,1H3. The zero-order valence-corrected chi connectivity index (χ0v) is 12.4. The molecule has 20 heavy (non-hydrogen) atoms. The highest BCUT2D eigenvalue weighted by molar-refractivity contribution is 6.30. The van der Waals surface area contributed by atoms with E-state index in [9.17, 15) is 0 Å². The van der Waals surface area contributed by atoms with E-state index >= 15 is 0 Å². The van der Waals surface area contributed by atoms with Crippen molar-refractivity contribution in [3.05, 3.63) is 59.0 Å². The molecule has 5 heteroatoms. The summed E-state index contributed by atoms with van der Waals surface area (Å²) in [5.74, 6) is 0.829. The molecule has 0 amide bonds. The Labute approximate surface area is 127 Å². The van der Waals surface area contributed by atoms with Gasteiger partial charge in [0.25, 0.3) is 0 Å². The molecule has 3 rings (SSSR count). The van der Waals surface area contributed by atoms with Gasteiger partial charge in [-0.05, 0) is 36.8 Å². The van der Waals surface area contributed by atoms with E-state index in [4.69, 9.17) is 23.2 Å². The summed E-state index contributed by atoms with van der Waals surface area (Å²) in [6, 6.07) is 11.6. The molecule has 1 aromatic carbocycles. The second-order valence-corrected chi connectivity index (χ2v) is 5.74. The first-order valence-corrected chi connectivity index (χ1v) is 7.16. The van der Waals surface area contributed by atoms with Crippen molar-refractivity contribution in [3.63, 3.8) is 0 Å². The third-order valence-corrected chi connectivity index (χ3v) is 3.59. The molecule has 0 spiro atoms. The van der Waals surface area contributed by atoms with Gasteiger partial charge >= 0.3 is 0 Å². The minimum atomic E-state index is -0.170. The lowest BCUT2D eigenvalue weighted by atomic mass is 10.2. The zero-order chi connectivity index (χ0) is 14.1. The van der Waals surface area contributed by atoms with Crippen molar-refractivity contribution < 1.29 is 0 Å². The summed E-state index contributed by atoms with van der Waals surface area (Å²) in [6.07, 6.45) is 1.77. The predicted molar refractivity (Wildman–Crippen MR) is 82.4 cm³/mol.